The minimum atomic E-state index is -0.392. The van der Waals surface area contributed by atoms with Crippen LogP contribution in [-0.2, 0) is 4.79 Å². The van der Waals surface area contributed by atoms with Gasteiger partial charge in [0.2, 0.25) is 5.91 Å². The van der Waals surface area contributed by atoms with Crippen LogP contribution in [0.4, 0.5) is 16.2 Å². The predicted molar refractivity (Wildman–Crippen MR) is 151 cm³/mol. The molecule has 6 rings (SSSR count). The average Bonchev–Trinajstić information content (AvgIpc) is 3.64. The van der Waals surface area contributed by atoms with E-state index in [1.165, 1.54) is 0 Å². The van der Waals surface area contributed by atoms with Crippen molar-refractivity contribution in [3.63, 3.8) is 0 Å². The Morgan fingerprint density at radius 1 is 0.895 bits per heavy atom. The highest BCUT2D eigenvalue weighted by Gasteiger charge is 2.40. The van der Waals surface area contributed by atoms with Crippen molar-refractivity contribution in [3.8, 4) is 5.69 Å². The topological polar surface area (TPSA) is 57.6 Å². The van der Waals surface area contributed by atoms with Crippen LogP contribution in [-0.4, -0.2) is 34.0 Å². The highest BCUT2D eigenvalue weighted by Crippen LogP contribution is 2.42. The van der Waals surface area contributed by atoms with Crippen molar-refractivity contribution in [2.24, 2.45) is 0 Å². The maximum absolute atomic E-state index is 14.2. The number of nitrogens with zero attached hydrogens (tertiary/aromatic N) is 3. The van der Waals surface area contributed by atoms with Gasteiger partial charge in [0.05, 0.1) is 32.8 Å². The standard InChI is InChI=1S/C30H26Cl2N4O2/c1-19-11-13-20(14-12-19)29-26-10-5-17-34(26)24-8-2-3-9-25(24)36(29)27(37)18-35(21-15-16-21)30(38)33-28-22(31)6-4-7-23(28)32/h2-14,17,21,29H,15-16,18H2,1H3,(H,33,38)/t29-/m0/s1. The number of fused-ring (bicyclic) bond motifs is 3. The lowest BCUT2D eigenvalue weighted by atomic mass is 9.97. The molecule has 8 heteroatoms. The van der Waals surface area contributed by atoms with Gasteiger partial charge in [0.15, 0.2) is 0 Å². The van der Waals surface area contributed by atoms with Gasteiger partial charge in [0, 0.05) is 12.2 Å². The van der Waals surface area contributed by atoms with E-state index in [2.05, 4.69) is 34.1 Å². The first-order valence-electron chi connectivity index (χ1n) is 12.6. The van der Waals surface area contributed by atoms with E-state index < -0.39 is 6.03 Å². The van der Waals surface area contributed by atoms with E-state index in [1.54, 1.807) is 23.1 Å². The number of para-hydroxylation sites is 3. The predicted octanol–water partition coefficient (Wildman–Crippen LogP) is 7.23. The van der Waals surface area contributed by atoms with Crippen molar-refractivity contribution < 1.29 is 9.59 Å². The van der Waals surface area contributed by atoms with E-state index >= 15 is 0 Å². The third-order valence-corrected chi connectivity index (χ3v) is 7.76. The Balaban J connectivity index is 1.36. The maximum Gasteiger partial charge on any atom is 0.322 e. The summed E-state index contributed by atoms with van der Waals surface area (Å²) < 4.78 is 2.13. The second-order valence-electron chi connectivity index (χ2n) is 9.75. The fourth-order valence-electron chi connectivity index (χ4n) is 5.10. The van der Waals surface area contributed by atoms with Gasteiger partial charge in [0.25, 0.3) is 0 Å². The molecule has 0 bridgehead atoms. The minimum absolute atomic E-state index is 0.0121. The molecule has 0 spiro atoms. The van der Waals surface area contributed by atoms with Crippen molar-refractivity contribution in [2.45, 2.75) is 31.8 Å². The van der Waals surface area contributed by atoms with E-state index in [9.17, 15) is 9.59 Å². The first kappa shape index (κ1) is 24.6. The number of aryl methyl sites for hydroxylation is 1. The number of urea groups is 1. The van der Waals surface area contributed by atoms with Gasteiger partial charge in [-0.2, -0.15) is 0 Å². The van der Waals surface area contributed by atoms with Crippen LogP contribution in [0.15, 0.2) is 85.1 Å². The Bertz CT molecular complexity index is 1510. The summed E-state index contributed by atoms with van der Waals surface area (Å²) in [6.07, 6.45) is 3.71. The number of hydrogen-bond donors (Lipinski definition) is 1. The third-order valence-electron chi connectivity index (χ3n) is 7.13. The van der Waals surface area contributed by atoms with E-state index in [-0.39, 0.29) is 24.5 Å². The summed E-state index contributed by atoms with van der Waals surface area (Å²) >= 11 is 12.6. The second-order valence-corrected chi connectivity index (χ2v) is 10.6. The molecule has 0 unspecified atom stereocenters. The number of anilines is 2. The fourth-order valence-corrected chi connectivity index (χ4v) is 5.59. The molecule has 1 atom stereocenters. The Hall–Kier alpha value is -3.74. The number of hydrogen-bond acceptors (Lipinski definition) is 2. The lowest BCUT2D eigenvalue weighted by Gasteiger charge is -2.39. The Morgan fingerprint density at radius 3 is 2.26 bits per heavy atom. The van der Waals surface area contributed by atoms with Crippen LogP contribution in [0.5, 0.6) is 0 Å². The number of nitrogens with one attached hydrogen (secondary N) is 1. The van der Waals surface area contributed by atoms with Crippen molar-refractivity contribution in [1.29, 1.82) is 0 Å². The summed E-state index contributed by atoms with van der Waals surface area (Å²) in [7, 11) is 0. The van der Waals surface area contributed by atoms with Gasteiger partial charge in [-0.15, -0.1) is 0 Å². The molecule has 6 nitrogen and oxygen atoms in total. The van der Waals surface area contributed by atoms with E-state index in [1.807, 2.05) is 54.4 Å². The van der Waals surface area contributed by atoms with Gasteiger partial charge in [0.1, 0.15) is 12.6 Å². The maximum atomic E-state index is 14.2. The summed E-state index contributed by atoms with van der Waals surface area (Å²) in [5, 5.41) is 3.53. The van der Waals surface area contributed by atoms with Gasteiger partial charge in [-0.05, 0) is 61.7 Å². The number of rotatable bonds is 5. The van der Waals surface area contributed by atoms with E-state index in [0.29, 0.717) is 15.7 Å². The zero-order valence-electron chi connectivity index (χ0n) is 20.8. The van der Waals surface area contributed by atoms with Crippen molar-refractivity contribution in [1.82, 2.24) is 9.47 Å². The van der Waals surface area contributed by atoms with Crippen LogP contribution in [0.3, 0.4) is 0 Å². The molecule has 4 aromatic rings. The van der Waals surface area contributed by atoms with Gasteiger partial charge in [-0.3, -0.25) is 9.69 Å². The summed E-state index contributed by atoms with van der Waals surface area (Å²) in [5.41, 5.74) is 5.21. The largest absolute Gasteiger partial charge is 0.322 e. The van der Waals surface area contributed by atoms with Crippen LogP contribution in [0, 0.1) is 6.92 Å². The lowest BCUT2D eigenvalue weighted by Crippen LogP contribution is -2.48. The average molecular weight is 545 g/mol. The normalized spacial score (nSPS) is 16.0. The molecule has 192 valence electrons. The molecule has 1 N–H and O–H groups in total. The van der Waals surface area contributed by atoms with Crippen molar-refractivity contribution in [2.75, 3.05) is 16.8 Å². The molecule has 1 fully saturated rings. The number of amides is 3. The Morgan fingerprint density at radius 2 is 1.58 bits per heavy atom. The molecule has 3 amide bonds. The van der Waals surface area contributed by atoms with Crippen LogP contribution < -0.4 is 10.2 Å². The van der Waals surface area contributed by atoms with Gasteiger partial charge >= 0.3 is 6.03 Å². The summed E-state index contributed by atoms with van der Waals surface area (Å²) in [4.78, 5) is 31.1. The molecule has 0 radical (unpaired) electrons. The number of carbonyl (C=O) groups excluding carboxylic acids is 2. The third kappa shape index (κ3) is 4.44. The highest BCUT2D eigenvalue weighted by atomic mass is 35.5. The highest BCUT2D eigenvalue weighted by molar-refractivity contribution is 6.39. The molecule has 38 heavy (non-hydrogen) atoms. The molecular weight excluding hydrogens is 519 g/mol. The number of benzene rings is 3. The molecule has 2 heterocycles. The summed E-state index contributed by atoms with van der Waals surface area (Å²) in [6, 6.07) is 24.5. The zero-order chi connectivity index (χ0) is 26.4. The van der Waals surface area contributed by atoms with E-state index in [0.717, 1.165) is 41.0 Å². The van der Waals surface area contributed by atoms with Crippen molar-refractivity contribution >= 4 is 46.5 Å². The Labute approximate surface area is 231 Å². The van der Waals surface area contributed by atoms with Crippen LogP contribution in [0.25, 0.3) is 5.69 Å². The first-order chi connectivity index (χ1) is 18.4. The number of halogens is 2. The quantitative estimate of drug-likeness (QED) is 0.288. The Kier molecular flexibility index (Phi) is 6.38. The molecule has 1 saturated carbocycles. The molecule has 2 aliphatic rings. The number of aromatic nitrogens is 1. The molecular formula is C30H26Cl2N4O2. The van der Waals surface area contributed by atoms with Gasteiger partial charge in [-0.25, -0.2) is 4.79 Å². The number of carbonyl (C=O) groups is 2. The summed E-state index contributed by atoms with van der Waals surface area (Å²) in [6.45, 7) is 1.97. The van der Waals surface area contributed by atoms with Crippen LogP contribution in [0.1, 0.15) is 35.7 Å². The summed E-state index contributed by atoms with van der Waals surface area (Å²) in [5.74, 6) is -0.164. The molecule has 1 aromatic heterocycles. The lowest BCUT2D eigenvalue weighted by molar-refractivity contribution is -0.119. The monoisotopic (exact) mass is 544 g/mol. The smallest absolute Gasteiger partial charge is 0.316 e. The molecule has 1 aliphatic heterocycles. The van der Waals surface area contributed by atoms with E-state index in [4.69, 9.17) is 23.2 Å². The molecule has 0 saturated heterocycles. The van der Waals surface area contributed by atoms with Crippen LogP contribution >= 0.6 is 23.2 Å². The minimum Gasteiger partial charge on any atom is -0.316 e. The molecule has 1 aliphatic carbocycles. The second kappa shape index (κ2) is 9.86. The van der Waals surface area contributed by atoms with Crippen LogP contribution in [0.2, 0.25) is 10.0 Å². The molecule has 3 aromatic carbocycles. The van der Waals surface area contributed by atoms with Gasteiger partial charge in [-0.1, -0.05) is 71.2 Å². The van der Waals surface area contributed by atoms with Crippen molar-refractivity contribution in [3.05, 3.63) is 112 Å². The van der Waals surface area contributed by atoms with Gasteiger partial charge < -0.3 is 14.8 Å². The SMILES string of the molecule is Cc1ccc([C@H]2c3cccn3-c3ccccc3N2C(=O)CN(C(=O)Nc2c(Cl)cccc2Cl)C2CC2)cc1. The fraction of sp³-hybridized carbons (Fsp3) is 0.200. The zero-order valence-corrected chi connectivity index (χ0v) is 22.3. The first-order valence-corrected chi connectivity index (χ1v) is 13.3.